The first-order valence-electron chi connectivity index (χ1n) is 4.79. The number of aliphatic hydroxyl groups is 1. The van der Waals surface area contributed by atoms with Crippen molar-refractivity contribution >= 4 is 5.91 Å². The Bertz CT molecular complexity index is 220. The van der Waals surface area contributed by atoms with Crippen LogP contribution in [0, 0.1) is 0 Å². The lowest BCUT2D eigenvalue weighted by molar-refractivity contribution is -0.119. The maximum atomic E-state index is 10.9. The van der Waals surface area contributed by atoms with Crippen LogP contribution < -0.4 is 5.32 Å². The standard InChI is InChI=1S/C9H16N2O2/c1-9(13)5-11(6-9)4-7-2-3-8(12)10-7/h7,13H,2-6H2,1H3,(H,10,12). The third-order valence-electron chi connectivity index (χ3n) is 2.69. The lowest BCUT2D eigenvalue weighted by Gasteiger charge is -2.45. The number of carbonyl (C=O) groups excluding carboxylic acids is 1. The highest BCUT2D eigenvalue weighted by atomic mass is 16.3. The predicted octanol–water partition coefficient (Wildman–Crippen LogP) is -0.668. The van der Waals surface area contributed by atoms with Gasteiger partial charge in [0, 0.05) is 32.1 Å². The van der Waals surface area contributed by atoms with Gasteiger partial charge in [0.05, 0.1) is 5.60 Å². The summed E-state index contributed by atoms with van der Waals surface area (Å²) in [6, 6.07) is 0.309. The molecule has 1 atom stereocenters. The van der Waals surface area contributed by atoms with Crippen molar-refractivity contribution in [1.82, 2.24) is 10.2 Å². The van der Waals surface area contributed by atoms with Crippen LogP contribution in [0.15, 0.2) is 0 Å². The molecular formula is C9H16N2O2. The van der Waals surface area contributed by atoms with Crippen molar-refractivity contribution in [1.29, 1.82) is 0 Å². The normalized spacial score (nSPS) is 32.8. The average molecular weight is 184 g/mol. The quantitative estimate of drug-likeness (QED) is 0.598. The molecule has 1 amide bonds. The molecule has 0 saturated carbocycles. The molecule has 2 heterocycles. The number of likely N-dealkylation sites (tertiary alicyclic amines) is 1. The summed E-state index contributed by atoms with van der Waals surface area (Å²) in [4.78, 5) is 13.1. The van der Waals surface area contributed by atoms with Crippen molar-refractivity contribution in [3.63, 3.8) is 0 Å². The smallest absolute Gasteiger partial charge is 0.220 e. The minimum Gasteiger partial charge on any atom is -0.388 e. The van der Waals surface area contributed by atoms with Crippen LogP contribution in [0.25, 0.3) is 0 Å². The van der Waals surface area contributed by atoms with Crippen molar-refractivity contribution in [3.8, 4) is 0 Å². The highest BCUT2D eigenvalue weighted by Gasteiger charge is 2.38. The zero-order valence-electron chi connectivity index (χ0n) is 7.92. The van der Waals surface area contributed by atoms with Crippen molar-refractivity contribution in [2.75, 3.05) is 19.6 Å². The Labute approximate surface area is 77.9 Å². The second-order valence-corrected chi connectivity index (χ2v) is 4.47. The van der Waals surface area contributed by atoms with E-state index in [0.29, 0.717) is 12.5 Å². The summed E-state index contributed by atoms with van der Waals surface area (Å²) in [7, 11) is 0. The number of hydrogen-bond acceptors (Lipinski definition) is 3. The molecule has 0 aromatic carbocycles. The van der Waals surface area contributed by atoms with Crippen LogP contribution in [0.1, 0.15) is 19.8 Å². The third-order valence-corrected chi connectivity index (χ3v) is 2.69. The Morgan fingerprint density at radius 2 is 2.38 bits per heavy atom. The molecule has 2 aliphatic rings. The molecule has 2 fully saturated rings. The molecule has 4 nitrogen and oxygen atoms in total. The van der Waals surface area contributed by atoms with Crippen LogP contribution in [0.4, 0.5) is 0 Å². The van der Waals surface area contributed by atoms with Gasteiger partial charge in [-0.2, -0.15) is 0 Å². The molecule has 0 bridgehead atoms. The van der Waals surface area contributed by atoms with Crippen LogP contribution in [0.3, 0.4) is 0 Å². The molecule has 2 aliphatic heterocycles. The largest absolute Gasteiger partial charge is 0.388 e. The summed E-state index contributed by atoms with van der Waals surface area (Å²) in [6.45, 7) is 4.21. The van der Waals surface area contributed by atoms with Gasteiger partial charge in [0.2, 0.25) is 5.91 Å². The molecule has 0 aromatic rings. The van der Waals surface area contributed by atoms with Gasteiger partial charge in [-0.3, -0.25) is 9.69 Å². The first kappa shape index (κ1) is 8.97. The zero-order valence-corrected chi connectivity index (χ0v) is 7.92. The van der Waals surface area contributed by atoms with Gasteiger partial charge in [0.15, 0.2) is 0 Å². The molecular weight excluding hydrogens is 168 g/mol. The summed E-state index contributed by atoms with van der Waals surface area (Å²) < 4.78 is 0. The number of β-amino-alcohol motifs (C(OH)–C–C–N with tert-alkyl or cyclic N) is 1. The molecule has 2 N–H and O–H groups in total. The van der Waals surface area contributed by atoms with Gasteiger partial charge in [-0.1, -0.05) is 0 Å². The van der Waals surface area contributed by atoms with Gasteiger partial charge in [-0.05, 0) is 13.3 Å². The molecule has 0 aromatic heterocycles. The number of amides is 1. The highest BCUT2D eigenvalue weighted by Crippen LogP contribution is 2.21. The van der Waals surface area contributed by atoms with Crippen LogP contribution in [-0.4, -0.2) is 47.2 Å². The van der Waals surface area contributed by atoms with Gasteiger partial charge in [-0.25, -0.2) is 0 Å². The molecule has 0 spiro atoms. The van der Waals surface area contributed by atoms with Crippen molar-refractivity contribution in [3.05, 3.63) is 0 Å². The number of carbonyl (C=O) groups is 1. The average Bonchev–Trinajstić information content (AvgIpc) is 2.31. The Morgan fingerprint density at radius 1 is 1.69 bits per heavy atom. The topological polar surface area (TPSA) is 52.6 Å². The van der Waals surface area contributed by atoms with E-state index in [1.54, 1.807) is 0 Å². The van der Waals surface area contributed by atoms with Gasteiger partial charge in [-0.15, -0.1) is 0 Å². The summed E-state index contributed by atoms with van der Waals surface area (Å²) in [6.07, 6.45) is 1.60. The van der Waals surface area contributed by atoms with Crippen molar-refractivity contribution < 1.29 is 9.90 Å². The van der Waals surface area contributed by atoms with Gasteiger partial charge in [0.1, 0.15) is 0 Å². The highest BCUT2D eigenvalue weighted by molar-refractivity contribution is 5.78. The van der Waals surface area contributed by atoms with Gasteiger partial charge >= 0.3 is 0 Å². The maximum absolute atomic E-state index is 10.9. The van der Waals surface area contributed by atoms with E-state index < -0.39 is 5.60 Å². The summed E-state index contributed by atoms with van der Waals surface area (Å²) in [5.41, 5.74) is -0.497. The molecule has 0 aliphatic carbocycles. The summed E-state index contributed by atoms with van der Waals surface area (Å²) >= 11 is 0. The van der Waals surface area contributed by atoms with Crippen LogP contribution in [0.5, 0.6) is 0 Å². The molecule has 2 rings (SSSR count). The number of nitrogens with one attached hydrogen (secondary N) is 1. The van der Waals surface area contributed by atoms with E-state index in [9.17, 15) is 9.90 Å². The fraction of sp³-hybridized carbons (Fsp3) is 0.889. The minimum absolute atomic E-state index is 0.164. The first-order valence-corrected chi connectivity index (χ1v) is 4.79. The van der Waals surface area contributed by atoms with E-state index in [1.165, 1.54) is 0 Å². The second-order valence-electron chi connectivity index (χ2n) is 4.47. The van der Waals surface area contributed by atoms with E-state index in [-0.39, 0.29) is 5.91 Å². The first-order chi connectivity index (χ1) is 6.05. The van der Waals surface area contributed by atoms with E-state index in [0.717, 1.165) is 26.1 Å². The minimum atomic E-state index is -0.497. The molecule has 0 radical (unpaired) electrons. The Hall–Kier alpha value is -0.610. The zero-order chi connectivity index (χ0) is 9.47. The van der Waals surface area contributed by atoms with Crippen LogP contribution in [-0.2, 0) is 4.79 Å². The second kappa shape index (κ2) is 2.96. The van der Waals surface area contributed by atoms with E-state index in [1.807, 2.05) is 6.92 Å². The van der Waals surface area contributed by atoms with Crippen LogP contribution in [0.2, 0.25) is 0 Å². The van der Waals surface area contributed by atoms with Crippen LogP contribution >= 0.6 is 0 Å². The molecule has 4 heteroatoms. The van der Waals surface area contributed by atoms with E-state index >= 15 is 0 Å². The summed E-state index contributed by atoms with van der Waals surface area (Å²) in [5, 5.41) is 12.4. The lowest BCUT2D eigenvalue weighted by Crippen LogP contribution is -2.61. The molecule has 1 unspecified atom stereocenters. The molecule has 13 heavy (non-hydrogen) atoms. The number of nitrogens with zero attached hydrogens (tertiary/aromatic N) is 1. The molecule has 74 valence electrons. The third kappa shape index (κ3) is 2.00. The Kier molecular flexibility index (Phi) is 2.04. The Morgan fingerprint density at radius 3 is 2.85 bits per heavy atom. The summed E-state index contributed by atoms with van der Waals surface area (Å²) in [5.74, 6) is 0.164. The van der Waals surface area contributed by atoms with E-state index in [2.05, 4.69) is 10.2 Å². The van der Waals surface area contributed by atoms with Crippen molar-refractivity contribution in [2.45, 2.75) is 31.4 Å². The maximum Gasteiger partial charge on any atom is 0.220 e. The fourth-order valence-corrected chi connectivity index (χ4v) is 2.17. The fourth-order valence-electron chi connectivity index (χ4n) is 2.17. The number of rotatable bonds is 2. The number of hydrogen-bond donors (Lipinski definition) is 2. The van der Waals surface area contributed by atoms with Crippen molar-refractivity contribution in [2.24, 2.45) is 0 Å². The predicted molar refractivity (Wildman–Crippen MR) is 48.2 cm³/mol. The van der Waals surface area contributed by atoms with Gasteiger partial charge in [0.25, 0.3) is 0 Å². The monoisotopic (exact) mass is 184 g/mol. The molecule has 2 saturated heterocycles. The van der Waals surface area contributed by atoms with Gasteiger partial charge < -0.3 is 10.4 Å². The Balaban J connectivity index is 1.72. The lowest BCUT2D eigenvalue weighted by atomic mass is 9.96. The van der Waals surface area contributed by atoms with E-state index in [4.69, 9.17) is 0 Å². The SMILES string of the molecule is CC1(O)CN(CC2CCC(=O)N2)C1.